The highest BCUT2D eigenvalue weighted by molar-refractivity contribution is 5.53. The van der Waals surface area contributed by atoms with E-state index < -0.39 is 0 Å². The molecule has 4 heteroatoms. The number of oxazole rings is 1. The highest BCUT2D eigenvalue weighted by Gasteiger charge is 2.26. The van der Waals surface area contributed by atoms with Gasteiger partial charge in [-0.15, -0.1) is 0 Å². The Hall–Kier alpha value is -1.65. The van der Waals surface area contributed by atoms with Crippen LogP contribution in [0.2, 0.25) is 0 Å². The maximum Gasteiger partial charge on any atom is 0.226 e. The maximum atomic E-state index is 5.93. The summed E-state index contributed by atoms with van der Waals surface area (Å²) in [5.41, 5.74) is 9.19. The summed E-state index contributed by atoms with van der Waals surface area (Å²) in [5, 5.41) is 0. The lowest BCUT2D eigenvalue weighted by Gasteiger charge is -2.37. The molecule has 3 rings (SSSR count). The van der Waals surface area contributed by atoms with Crippen LogP contribution < -0.4 is 5.73 Å². The second-order valence-corrected chi connectivity index (χ2v) is 6.50. The Balaban J connectivity index is 1.70. The van der Waals surface area contributed by atoms with E-state index >= 15 is 0 Å². The molecule has 1 saturated heterocycles. The van der Waals surface area contributed by atoms with Crippen molar-refractivity contribution in [3.8, 4) is 11.5 Å². The number of nitrogens with zero attached hydrogens (tertiary/aromatic N) is 2. The van der Waals surface area contributed by atoms with Gasteiger partial charge in [-0.05, 0) is 44.4 Å². The number of hydrogen-bond donors (Lipinski definition) is 1. The molecule has 1 aromatic heterocycles. The summed E-state index contributed by atoms with van der Waals surface area (Å²) >= 11 is 0. The third kappa shape index (κ3) is 3.39. The van der Waals surface area contributed by atoms with Gasteiger partial charge in [-0.2, -0.15) is 0 Å². The van der Waals surface area contributed by atoms with Gasteiger partial charge in [-0.3, -0.25) is 4.90 Å². The number of benzene rings is 1. The second kappa shape index (κ2) is 6.63. The first-order valence-corrected chi connectivity index (χ1v) is 8.11. The average Bonchev–Trinajstić information content (AvgIpc) is 2.98. The molecule has 0 amide bonds. The second-order valence-electron chi connectivity index (χ2n) is 6.50. The maximum absolute atomic E-state index is 5.93. The zero-order valence-electron chi connectivity index (χ0n) is 13.5. The van der Waals surface area contributed by atoms with Gasteiger partial charge in [-0.25, -0.2) is 4.98 Å². The van der Waals surface area contributed by atoms with E-state index in [1.807, 2.05) is 0 Å². The van der Waals surface area contributed by atoms with Crippen LogP contribution in [-0.2, 0) is 6.54 Å². The SMILES string of the molecule is Cc1ccc(-c2nc(CN3CCC(C)CC3CN)co2)cc1. The van der Waals surface area contributed by atoms with Gasteiger partial charge in [0.2, 0.25) is 5.89 Å². The summed E-state index contributed by atoms with van der Waals surface area (Å²) in [5.74, 6) is 1.47. The highest BCUT2D eigenvalue weighted by Crippen LogP contribution is 2.25. The quantitative estimate of drug-likeness (QED) is 0.942. The van der Waals surface area contributed by atoms with E-state index in [4.69, 9.17) is 10.2 Å². The van der Waals surface area contributed by atoms with Crippen LogP contribution in [0.4, 0.5) is 0 Å². The number of piperidine rings is 1. The fourth-order valence-corrected chi connectivity index (χ4v) is 3.17. The van der Waals surface area contributed by atoms with E-state index in [2.05, 4.69) is 48.0 Å². The molecule has 0 radical (unpaired) electrons. The number of likely N-dealkylation sites (tertiary alicyclic amines) is 1. The summed E-state index contributed by atoms with van der Waals surface area (Å²) in [4.78, 5) is 7.08. The van der Waals surface area contributed by atoms with Crippen molar-refractivity contribution in [3.63, 3.8) is 0 Å². The third-order valence-corrected chi connectivity index (χ3v) is 4.59. The lowest BCUT2D eigenvalue weighted by Crippen LogP contribution is -2.45. The summed E-state index contributed by atoms with van der Waals surface area (Å²) in [6.07, 6.45) is 4.19. The first-order chi connectivity index (χ1) is 10.7. The molecular weight excluding hydrogens is 274 g/mol. The molecule has 2 atom stereocenters. The molecule has 2 unspecified atom stereocenters. The van der Waals surface area contributed by atoms with E-state index in [1.54, 1.807) is 6.26 Å². The number of aromatic nitrogens is 1. The normalized spacial score (nSPS) is 22.9. The lowest BCUT2D eigenvalue weighted by atomic mass is 9.92. The van der Waals surface area contributed by atoms with Gasteiger partial charge in [0, 0.05) is 24.7 Å². The lowest BCUT2D eigenvalue weighted by molar-refractivity contribution is 0.114. The highest BCUT2D eigenvalue weighted by atomic mass is 16.3. The molecule has 1 aliphatic heterocycles. The number of nitrogens with two attached hydrogens (primary N) is 1. The minimum Gasteiger partial charge on any atom is -0.444 e. The third-order valence-electron chi connectivity index (χ3n) is 4.59. The fourth-order valence-electron chi connectivity index (χ4n) is 3.17. The van der Waals surface area contributed by atoms with Crippen molar-refractivity contribution >= 4 is 0 Å². The largest absolute Gasteiger partial charge is 0.444 e. The minimum absolute atomic E-state index is 0.461. The van der Waals surface area contributed by atoms with Crippen molar-refractivity contribution in [1.29, 1.82) is 0 Å². The van der Waals surface area contributed by atoms with Crippen molar-refractivity contribution in [3.05, 3.63) is 41.8 Å². The van der Waals surface area contributed by atoms with E-state index in [0.717, 1.165) is 30.3 Å². The number of hydrogen-bond acceptors (Lipinski definition) is 4. The average molecular weight is 299 g/mol. The Bertz CT molecular complexity index is 605. The molecule has 0 spiro atoms. The van der Waals surface area contributed by atoms with Crippen LogP contribution in [0, 0.1) is 12.8 Å². The molecule has 0 saturated carbocycles. The van der Waals surface area contributed by atoms with Crippen molar-refractivity contribution in [2.24, 2.45) is 11.7 Å². The minimum atomic E-state index is 0.461. The van der Waals surface area contributed by atoms with Crippen LogP contribution in [0.25, 0.3) is 11.5 Å². The molecule has 0 aliphatic carbocycles. The van der Waals surface area contributed by atoms with Crippen LogP contribution >= 0.6 is 0 Å². The predicted molar refractivity (Wildman–Crippen MR) is 88.3 cm³/mol. The van der Waals surface area contributed by atoms with Crippen LogP contribution in [-0.4, -0.2) is 29.0 Å². The Morgan fingerprint density at radius 1 is 1.32 bits per heavy atom. The number of rotatable bonds is 4. The Labute approximate surface area is 132 Å². The Morgan fingerprint density at radius 3 is 2.82 bits per heavy atom. The smallest absolute Gasteiger partial charge is 0.226 e. The van der Waals surface area contributed by atoms with Crippen LogP contribution in [0.3, 0.4) is 0 Å². The van der Waals surface area contributed by atoms with Crippen molar-refractivity contribution in [2.75, 3.05) is 13.1 Å². The van der Waals surface area contributed by atoms with Crippen LogP contribution in [0.5, 0.6) is 0 Å². The topological polar surface area (TPSA) is 55.3 Å². The molecule has 118 valence electrons. The van der Waals surface area contributed by atoms with E-state index in [0.29, 0.717) is 18.5 Å². The fraction of sp³-hybridized carbons (Fsp3) is 0.500. The molecular formula is C18H25N3O. The molecule has 22 heavy (non-hydrogen) atoms. The predicted octanol–water partition coefficient (Wildman–Crippen LogP) is 3.21. The summed E-state index contributed by atoms with van der Waals surface area (Å²) in [6.45, 7) is 7.02. The van der Waals surface area contributed by atoms with E-state index in [1.165, 1.54) is 18.4 Å². The first-order valence-electron chi connectivity index (χ1n) is 8.11. The summed E-state index contributed by atoms with van der Waals surface area (Å²) in [6, 6.07) is 8.72. The van der Waals surface area contributed by atoms with Gasteiger partial charge in [0.1, 0.15) is 6.26 Å². The molecule has 0 bridgehead atoms. The van der Waals surface area contributed by atoms with Gasteiger partial charge < -0.3 is 10.2 Å². The molecule has 1 aliphatic rings. The van der Waals surface area contributed by atoms with Gasteiger partial charge >= 0.3 is 0 Å². The molecule has 2 aromatic rings. The van der Waals surface area contributed by atoms with Crippen LogP contribution in [0.15, 0.2) is 34.9 Å². The van der Waals surface area contributed by atoms with E-state index in [-0.39, 0.29) is 0 Å². The van der Waals surface area contributed by atoms with Crippen molar-refractivity contribution < 1.29 is 4.42 Å². The zero-order valence-corrected chi connectivity index (χ0v) is 13.5. The molecule has 2 N–H and O–H groups in total. The zero-order chi connectivity index (χ0) is 15.5. The number of aryl methyl sites for hydroxylation is 1. The molecule has 1 aromatic carbocycles. The monoisotopic (exact) mass is 299 g/mol. The Morgan fingerprint density at radius 2 is 2.09 bits per heavy atom. The van der Waals surface area contributed by atoms with Gasteiger partial charge in [-0.1, -0.05) is 24.6 Å². The van der Waals surface area contributed by atoms with Crippen molar-refractivity contribution in [2.45, 2.75) is 39.3 Å². The standard InChI is InChI=1S/C18H25N3O/c1-13-3-5-15(6-4-13)18-20-16(12-22-18)11-21-8-7-14(2)9-17(21)10-19/h3-6,12,14,17H,7-11,19H2,1-2H3. The summed E-state index contributed by atoms with van der Waals surface area (Å²) < 4.78 is 5.65. The summed E-state index contributed by atoms with van der Waals surface area (Å²) in [7, 11) is 0. The van der Waals surface area contributed by atoms with Gasteiger partial charge in [0.15, 0.2) is 0 Å². The van der Waals surface area contributed by atoms with Gasteiger partial charge in [0.05, 0.1) is 5.69 Å². The van der Waals surface area contributed by atoms with Gasteiger partial charge in [0.25, 0.3) is 0 Å². The Kier molecular flexibility index (Phi) is 4.60. The van der Waals surface area contributed by atoms with Crippen LogP contribution in [0.1, 0.15) is 31.0 Å². The van der Waals surface area contributed by atoms with Crippen molar-refractivity contribution in [1.82, 2.24) is 9.88 Å². The molecule has 4 nitrogen and oxygen atoms in total. The van der Waals surface area contributed by atoms with E-state index in [9.17, 15) is 0 Å². The molecule has 2 heterocycles. The molecule has 1 fully saturated rings. The first kappa shape index (κ1) is 15.3.